The molecule has 0 bridgehead atoms. The van der Waals surface area contributed by atoms with Crippen LogP contribution in [0.4, 0.5) is 5.95 Å². The van der Waals surface area contributed by atoms with Gasteiger partial charge in [-0.2, -0.15) is 15.0 Å². The van der Waals surface area contributed by atoms with Gasteiger partial charge < -0.3 is 5.11 Å². The van der Waals surface area contributed by atoms with E-state index in [1.165, 1.54) is 6.92 Å². The number of nitrogens with one attached hydrogen (secondary N) is 2. The third kappa shape index (κ3) is 3.00. The van der Waals surface area contributed by atoms with Gasteiger partial charge in [-0.05, 0) is 25.0 Å². The molecule has 1 aromatic carbocycles. The summed E-state index contributed by atoms with van der Waals surface area (Å²) in [5.41, 5.74) is 7.66. The molecule has 7 heteroatoms. The summed E-state index contributed by atoms with van der Waals surface area (Å²) in [4.78, 5) is 22.7. The van der Waals surface area contributed by atoms with Gasteiger partial charge >= 0.3 is 6.01 Å². The summed E-state index contributed by atoms with van der Waals surface area (Å²) in [6.07, 6.45) is 0. The van der Waals surface area contributed by atoms with Gasteiger partial charge in [-0.3, -0.25) is 15.6 Å². The van der Waals surface area contributed by atoms with E-state index in [9.17, 15) is 9.90 Å². The second kappa shape index (κ2) is 5.52. The number of aryl methyl sites for hydroxylation is 2. The Hall–Kier alpha value is -2.70. The van der Waals surface area contributed by atoms with E-state index in [1.54, 1.807) is 0 Å². The van der Waals surface area contributed by atoms with Crippen LogP contribution >= 0.6 is 0 Å². The maximum absolute atomic E-state index is 10.9. The van der Waals surface area contributed by atoms with Crippen molar-refractivity contribution in [3.63, 3.8) is 0 Å². The minimum Gasteiger partial charge on any atom is -0.479 e. The first-order valence-electron chi connectivity index (χ1n) is 6.01. The normalized spacial score (nSPS) is 10.2. The number of hydrazine groups is 1. The molecule has 0 saturated heterocycles. The van der Waals surface area contributed by atoms with E-state index in [0.29, 0.717) is 5.82 Å². The van der Waals surface area contributed by atoms with Gasteiger partial charge in [0.05, 0.1) is 0 Å². The molecular formula is C13H15N5O2. The van der Waals surface area contributed by atoms with Crippen molar-refractivity contribution in [3.8, 4) is 17.4 Å². The maximum Gasteiger partial charge on any atom is 0.319 e. The van der Waals surface area contributed by atoms with Crippen LogP contribution in [0.15, 0.2) is 18.2 Å². The highest BCUT2D eigenvalue weighted by Gasteiger charge is 2.12. The summed E-state index contributed by atoms with van der Waals surface area (Å²) in [5.74, 6) is 0.129. The van der Waals surface area contributed by atoms with Gasteiger partial charge in [-0.1, -0.05) is 18.2 Å². The second-order valence-corrected chi connectivity index (χ2v) is 4.36. The van der Waals surface area contributed by atoms with Crippen LogP contribution < -0.4 is 10.9 Å². The molecule has 0 aliphatic rings. The van der Waals surface area contributed by atoms with Gasteiger partial charge in [-0.25, -0.2) is 0 Å². The lowest BCUT2D eigenvalue weighted by molar-refractivity contribution is -0.118. The van der Waals surface area contributed by atoms with Crippen molar-refractivity contribution in [2.24, 2.45) is 0 Å². The Balaban J connectivity index is 2.44. The van der Waals surface area contributed by atoms with Crippen LogP contribution in [0.3, 0.4) is 0 Å². The maximum atomic E-state index is 10.9. The average molecular weight is 273 g/mol. The molecule has 3 N–H and O–H groups in total. The van der Waals surface area contributed by atoms with Crippen LogP contribution in [0, 0.1) is 13.8 Å². The SMILES string of the molecule is CC(=O)NNc1nc(O)nc(-c2c(C)cccc2C)n1. The summed E-state index contributed by atoms with van der Waals surface area (Å²) in [6.45, 7) is 5.22. The van der Waals surface area contributed by atoms with E-state index < -0.39 is 6.01 Å². The number of carbonyl (C=O) groups is 1. The number of benzene rings is 1. The summed E-state index contributed by atoms with van der Waals surface area (Å²) >= 11 is 0. The standard InChI is InChI=1S/C13H15N5O2/c1-7-5-4-6-8(2)10(7)11-14-12(16-13(20)15-11)18-17-9(3)19/h4-6H,1-3H3,(H,17,19)(H2,14,15,16,18,20). The fourth-order valence-electron chi connectivity index (χ4n) is 1.84. The quantitative estimate of drug-likeness (QED) is 0.729. The number of amides is 1. The predicted molar refractivity (Wildman–Crippen MR) is 73.8 cm³/mol. The number of nitrogens with zero attached hydrogens (tertiary/aromatic N) is 3. The van der Waals surface area contributed by atoms with Crippen LogP contribution in [-0.2, 0) is 4.79 Å². The monoisotopic (exact) mass is 273 g/mol. The van der Waals surface area contributed by atoms with Crippen molar-refractivity contribution in [1.82, 2.24) is 20.4 Å². The fraction of sp³-hybridized carbons (Fsp3) is 0.231. The lowest BCUT2D eigenvalue weighted by atomic mass is 10.0. The van der Waals surface area contributed by atoms with E-state index in [4.69, 9.17) is 0 Å². The number of carbonyl (C=O) groups excluding carboxylic acids is 1. The van der Waals surface area contributed by atoms with Gasteiger partial charge in [0.1, 0.15) is 0 Å². The zero-order chi connectivity index (χ0) is 14.7. The van der Waals surface area contributed by atoms with Gasteiger partial charge in [0.15, 0.2) is 5.82 Å². The lowest BCUT2D eigenvalue weighted by Crippen LogP contribution is -2.27. The number of anilines is 1. The summed E-state index contributed by atoms with van der Waals surface area (Å²) in [6, 6.07) is 5.39. The summed E-state index contributed by atoms with van der Waals surface area (Å²) < 4.78 is 0. The van der Waals surface area contributed by atoms with Crippen LogP contribution in [0.25, 0.3) is 11.4 Å². The number of aromatic hydroxyl groups is 1. The molecule has 0 spiro atoms. The first-order valence-corrected chi connectivity index (χ1v) is 6.01. The van der Waals surface area contributed by atoms with E-state index >= 15 is 0 Å². The minimum absolute atomic E-state index is 0.0744. The Kier molecular flexibility index (Phi) is 3.79. The third-order valence-electron chi connectivity index (χ3n) is 2.68. The molecule has 0 saturated carbocycles. The fourth-order valence-corrected chi connectivity index (χ4v) is 1.84. The Morgan fingerprint density at radius 3 is 2.40 bits per heavy atom. The van der Waals surface area contributed by atoms with Crippen molar-refractivity contribution in [1.29, 1.82) is 0 Å². The molecule has 1 aromatic heterocycles. The van der Waals surface area contributed by atoms with Gasteiger partial charge in [0.2, 0.25) is 11.9 Å². The molecule has 0 radical (unpaired) electrons. The lowest BCUT2D eigenvalue weighted by Gasteiger charge is -2.10. The highest BCUT2D eigenvalue weighted by molar-refractivity contribution is 5.74. The van der Waals surface area contributed by atoms with Crippen LogP contribution in [0.2, 0.25) is 0 Å². The van der Waals surface area contributed by atoms with Crippen molar-refractivity contribution < 1.29 is 9.90 Å². The van der Waals surface area contributed by atoms with Gasteiger partial charge in [-0.15, -0.1) is 0 Å². The number of aromatic nitrogens is 3. The first kappa shape index (κ1) is 13.7. The molecule has 0 fully saturated rings. The zero-order valence-electron chi connectivity index (χ0n) is 11.4. The minimum atomic E-state index is -0.412. The Bertz CT molecular complexity index is 637. The van der Waals surface area contributed by atoms with Gasteiger partial charge in [0, 0.05) is 12.5 Å². The number of hydrogen-bond donors (Lipinski definition) is 3. The highest BCUT2D eigenvalue weighted by Crippen LogP contribution is 2.25. The van der Waals surface area contributed by atoms with Crippen molar-refractivity contribution in [2.45, 2.75) is 20.8 Å². The highest BCUT2D eigenvalue weighted by atomic mass is 16.3. The predicted octanol–water partition coefficient (Wildman–Crippen LogP) is 1.32. The van der Waals surface area contributed by atoms with Crippen molar-refractivity contribution in [3.05, 3.63) is 29.3 Å². The van der Waals surface area contributed by atoms with Crippen molar-refractivity contribution in [2.75, 3.05) is 5.43 Å². The molecule has 104 valence electrons. The van der Waals surface area contributed by atoms with Crippen LogP contribution in [0.5, 0.6) is 6.01 Å². The Morgan fingerprint density at radius 1 is 1.15 bits per heavy atom. The van der Waals surface area contributed by atoms with E-state index in [1.807, 2.05) is 32.0 Å². The second-order valence-electron chi connectivity index (χ2n) is 4.36. The summed E-state index contributed by atoms with van der Waals surface area (Å²) in [5, 5.41) is 9.59. The molecule has 0 atom stereocenters. The van der Waals surface area contributed by atoms with Gasteiger partial charge in [0.25, 0.3) is 0 Å². The molecule has 1 heterocycles. The molecule has 20 heavy (non-hydrogen) atoms. The number of rotatable bonds is 3. The molecule has 0 aliphatic heterocycles. The molecule has 0 aliphatic carbocycles. The van der Waals surface area contributed by atoms with E-state index in [-0.39, 0.29) is 11.9 Å². The summed E-state index contributed by atoms with van der Waals surface area (Å²) in [7, 11) is 0. The Morgan fingerprint density at radius 2 is 1.80 bits per heavy atom. The molecule has 2 rings (SSSR count). The molecule has 7 nitrogen and oxygen atoms in total. The van der Waals surface area contributed by atoms with E-state index in [2.05, 4.69) is 25.8 Å². The zero-order valence-corrected chi connectivity index (χ0v) is 11.4. The average Bonchev–Trinajstić information content (AvgIpc) is 2.35. The van der Waals surface area contributed by atoms with Crippen LogP contribution in [-0.4, -0.2) is 26.0 Å². The topological polar surface area (TPSA) is 100 Å². The molecule has 2 aromatic rings. The van der Waals surface area contributed by atoms with Crippen molar-refractivity contribution >= 4 is 11.9 Å². The largest absolute Gasteiger partial charge is 0.479 e. The third-order valence-corrected chi connectivity index (χ3v) is 2.68. The molecule has 0 unspecified atom stereocenters. The smallest absolute Gasteiger partial charge is 0.319 e. The van der Waals surface area contributed by atoms with E-state index in [0.717, 1.165) is 16.7 Å². The molecule has 1 amide bonds. The molecular weight excluding hydrogens is 258 g/mol. The number of hydrogen-bond acceptors (Lipinski definition) is 6. The first-order chi connectivity index (χ1) is 9.47. The van der Waals surface area contributed by atoms with Crippen LogP contribution in [0.1, 0.15) is 18.1 Å². The Labute approximate surface area is 116 Å².